The molecule has 3 aromatic rings. The highest BCUT2D eigenvalue weighted by Crippen LogP contribution is 2.32. The van der Waals surface area contributed by atoms with Crippen LogP contribution in [0.15, 0.2) is 67.1 Å². The molecule has 164 valence electrons. The van der Waals surface area contributed by atoms with Crippen LogP contribution in [0.3, 0.4) is 0 Å². The molecule has 1 aliphatic heterocycles. The summed E-state index contributed by atoms with van der Waals surface area (Å²) < 4.78 is 5.84. The summed E-state index contributed by atoms with van der Waals surface area (Å²) in [7, 11) is 0. The van der Waals surface area contributed by atoms with Gasteiger partial charge in [0, 0.05) is 43.7 Å². The number of carbonyl (C=O) groups is 1. The minimum absolute atomic E-state index is 0.0832. The van der Waals surface area contributed by atoms with Crippen molar-refractivity contribution >= 4 is 23.1 Å². The van der Waals surface area contributed by atoms with Gasteiger partial charge in [0.1, 0.15) is 12.3 Å². The molecule has 1 N–H and O–H groups in total. The lowest BCUT2D eigenvalue weighted by Gasteiger charge is -2.32. The van der Waals surface area contributed by atoms with Gasteiger partial charge in [0.2, 0.25) is 5.91 Å². The van der Waals surface area contributed by atoms with Crippen molar-refractivity contribution in [2.24, 2.45) is 5.92 Å². The highest BCUT2D eigenvalue weighted by molar-refractivity contribution is 5.93. The van der Waals surface area contributed by atoms with E-state index in [1.54, 1.807) is 48.9 Å². The number of amides is 1. The minimum atomic E-state index is -0.372. The Bertz CT molecular complexity index is 1080. The number of hydrogen-bond donors (Lipinski definition) is 1. The SMILES string of the molecule is O=C(Nc1ncccc1OCc1ccncc1)C1CCN(c2ccccc2[N+](=O)[O-])CC1. The van der Waals surface area contributed by atoms with E-state index in [1.807, 2.05) is 17.0 Å². The minimum Gasteiger partial charge on any atom is -0.485 e. The number of piperidine rings is 1. The Morgan fingerprint density at radius 3 is 2.59 bits per heavy atom. The van der Waals surface area contributed by atoms with Gasteiger partial charge in [-0.05, 0) is 48.7 Å². The Morgan fingerprint density at radius 1 is 1.09 bits per heavy atom. The zero-order valence-corrected chi connectivity index (χ0v) is 17.4. The first-order chi connectivity index (χ1) is 15.6. The summed E-state index contributed by atoms with van der Waals surface area (Å²) in [6, 6.07) is 13.9. The topological polar surface area (TPSA) is 110 Å². The number of benzene rings is 1. The van der Waals surface area contributed by atoms with E-state index < -0.39 is 0 Å². The molecular weight excluding hydrogens is 410 g/mol. The van der Waals surface area contributed by atoms with Gasteiger partial charge >= 0.3 is 0 Å². The highest BCUT2D eigenvalue weighted by atomic mass is 16.6. The van der Waals surface area contributed by atoms with Crippen LogP contribution in [-0.2, 0) is 11.4 Å². The molecule has 0 atom stereocenters. The maximum Gasteiger partial charge on any atom is 0.292 e. The Balaban J connectivity index is 1.36. The first kappa shape index (κ1) is 21.2. The molecule has 1 aromatic carbocycles. The van der Waals surface area contributed by atoms with Crippen molar-refractivity contribution in [2.75, 3.05) is 23.3 Å². The lowest BCUT2D eigenvalue weighted by molar-refractivity contribution is -0.384. The number of rotatable bonds is 7. The highest BCUT2D eigenvalue weighted by Gasteiger charge is 2.28. The van der Waals surface area contributed by atoms with Gasteiger partial charge in [-0.25, -0.2) is 4.98 Å². The molecule has 2 aromatic heterocycles. The van der Waals surface area contributed by atoms with Gasteiger partial charge in [-0.3, -0.25) is 19.9 Å². The Morgan fingerprint density at radius 2 is 1.84 bits per heavy atom. The molecule has 4 rings (SSSR count). The van der Waals surface area contributed by atoms with E-state index in [0.717, 1.165) is 5.56 Å². The van der Waals surface area contributed by atoms with E-state index in [1.165, 1.54) is 6.07 Å². The molecule has 1 aliphatic rings. The number of aromatic nitrogens is 2. The van der Waals surface area contributed by atoms with Crippen molar-refractivity contribution in [1.82, 2.24) is 9.97 Å². The van der Waals surface area contributed by atoms with Crippen molar-refractivity contribution < 1.29 is 14.5 Å². The molecule has 1 fully saturated rings. The Labute approximate surface area is 185 Å². The fourth-order valence-corrected chi connectivity index (χ4v) is 3.73. The number of nitrogens with zero attached hydrogens (tertiary/aromatic N) is 4. The average molecular weight is 433 g/mol. The zero-order valence-electron chi connectivity index (χ0n) is 17.4. The molecular formula is C23H23N5O4. The maximum absolute atomic E-state index is 12.9. The molecule has 0 bridgehead atoms. The molecule has 0 spiro atoms. The Kier molecular flexibility index (Phi) is 6.54. The number of hydrogen-bond acceptors (Lipinski definition) is 7. The predicted octanol–water partition coefficient (Wildman–Crippen LogP) is 3.82. The van der Waals surface area contributed by atoms with Crippen LogP contribution < -0.4 is 15.0 Å². The van der Waals surface area contributed by atoms with E-state index in [-0.39, 0.29) is 22.4 Å². The molecule has 0 radical (unpaired) electrons. The van der Waals surface area contributed by atoms with Crippen LogP contribution in [0, 0.1) is 16.0 Å². The van der Waals surface area contributed by atoms with Crippen LogP contribution in [0.4, 0.5) is 17.2 Å². The van der Waals surface area contributed by atoms with Gasteiger partial charge < -0.3 is 15.0 Å². The quantitative estimate of drug-likeness (QED) is 0.445. The van der Waals surface area contributed by atoms with Crippen LogP contribution in [0.2, 0.25) is 0 Å². The van der Waals surface area contributed by atoms with Crippen molar-refractivity contribution in [3.63, 3.8) is 0 Å². The number of ether oxygens (including phenoxy) is 1. The van der Waals surface area contributed by atoms with E-state index in [0.29, 0.717) is 49.8 Å². The number of nitro benzene ring substituents is 1. The van der Waals surface area contributed by atoms with E-state index in [4.69, 9.17) is 4.74 Å². The summed E-state index contributed by atoms with van der Waals surface area (Å²) >= 11 is 0. The normalized spacial score (nSPS) is 14.1. The second-order valence-corrected chi connectivity index (χ2v) is 7.49. The number of nitro groups is 1. The number of carbonyl (C=O) groups excluding carboxylic acids is 1. The second kappa shape index (κ2) is 9.86. The molecule has 9 nitrogen and oxygen atoms in total. The summed E-state index contributed by atoms with van der Waals surface area (Å²) in [5, 5.41) is 14.2. The standard InChI is InChI=1S/C23H23N5O4/c29-23(18-9-14-27(15-10-18)19-4-1-2-5-20(19)28(30)31)26-22-21(6-3-11-25-22)32-16-17-7-12-24-13-8-17/h1-8,11-13,18H,9-10,14-16H2,(H,25,26,29). The first-order valence-electron chi connectivity index (χ1n) is 10.4. The second-order valence-electron chi connectivity index (χ2n) is 7.49. The molecule has 3 heterocycles. The summed E-state index contributed by atoms with van der Waals surface area (Å²) in [5.41, 5.74) is 1.64. The summed E-state index contributed by atoms with van der Waals surface area (Å²) in [6.07, 6.45) is 6.18. The number of para-hydroxylation sites is 2. The average Bonchev–Trinajstić information content (AvgIpc) is 2.84. The summed E-state index contributed by atoms with van der Waals surface area (Å²) in [5.74, 6) is 0.548. The zero-order chi connectivity index (χ0) is 22.3. The van der Waals surface area contributed by atoms with Crippen molar-refractivity contribution in [1.29, 1.82) is 0 Å². The lowest BCUT2D eigenvalue weighted by Crippen LogP contribution is -2.38. The number of pyridine rings is 2. The van der Waals surface area contributed by atoms with E-state index >= 15 is 0 Å². The van der Waals surface area contributed by atoms with Gasteiger partial charge in [-0.2, -0.15) is 0 Å². The third kappa shape index (κ3) is 5.00. The van der Waals surface area contributed by atoms with Crippen molar-refractivity contribution in [3.05, 3.63) is 82.8 Å². The van der Waals surface area contributed by atoms with Crippen LogP contribution >= 0.6 is 0 Å². The van der Waals surface area contributed by atoms with Crippen molar-refractivity contribution in [3.8, 4) is 5.75 Å². The van der Waals surface area contributed by atoms with Crippen LogP contribution in [0.5, 0.6) is 5.75 Å². The van der Waals surface area contributed by atoms with E-state index in [9.17, 15) is 14.9 Å². The monoisotopic (exact) mass is 433 g/mol. The van der Waals surface area contributed by atoms with Crippen LogP contribution in [0.1, 0.15) is 18.4 Å². The smallest absolute Gasteiger partial charge is 0.292 e. The molecule has 1 saturated heterocycles. The van der Waals surface area contributed by atoms with Crippen LogP contribution in [-0.4, -0.2) is 33.9 Å². The van der Waals surface area contributed by atoms with Gasteiger partial charge in [0.25, 0.3) is 5.69 Å². The van der Waals surface area contributed by atoms with Crippen LogP contribution in [0.25, 0.3) is 0 Å². The fraction of sp³-hybridized carbons (Fsp3) is 0.261. The lowest BCUT2D eigenvalue weighted by atomic mass is 9.95. The molecule has 0 aliphatic carbocycles. The molecule has 1 amide bonds. The Hall–Kier alpha value is -4.01. The molecule has 0 saturated carbocycles. The third-order valence-electron chi connectivity index (χ3n) is 5.44. The first-order valence-corrected chi connectivity index (χ1v) is 10.4. The number of anilines is 2. The van der Waals surface area contributed by atoms with Gasteiger partial charge in [-0.15, -0.1) is 0 Å². The molecule has 0 unspecified atom stereocenters. The van der Waals surface area contributed by atoms with Gasteiger partial charge in [0.15, 0.2) is 11.6 Å². The summed E-state index contributed by atoms with van der Waals surface area (Å²) in [6.45, 7) is 1.47. The fourth-order valence-electron chi connectivity index (χ4n) is 3.73. The van der Waals surface area contributed by atoms with Crippen molar-refractivity contribution in [2.45, 2.75) is 19.4 Å². The maximum atomic E-state index is 12.9. The third-order valence-corrected chi connectivity index (χ3v) is 5.44. The van der Waals surface area contributed by atoms with Gasteiger partial charge in [0.05, 0.1) is 4.92 Å². The number of nitrogens with one attached hydrogen (secondary N) is 1. The largest absolute Gasteiger partial charge is 0.485 e. The molecule has 32 heavy (non-hydrogen) atoms. The summed E-state index contributed by atoms with van der Waals surface area (Å²) in [4.78, 5) is 34.0. The van der Waals surface area contributed by atoms with Gasteiger partial charge in [-0.1, -0.05) is 12.1 Å². The van der Waals surface area contributed by atoms with E-state index in [2.05, 4.69) is 15.3 Å². The predicted molar refractivity (Wildman–Crippen MR) is 119 cm³/mol. The molecule has 9 heteroatoms.